The van der Waals surface area contributed by atoms with Crippen molar-refractivity contribution in [3.05, 3.63) is 23.8 Å². The highest BCUT2D eigenvalue weighted by molar-refractivity contribution is 6.00. The molecule has 0 aliphatic rings. The van der Waals surface area contributed by atoms with Crippen molar-refractivity contribution < 1.29 is 14.3 Å². The van der Waals surface area contributed by atoms with E-state index in [1.807, 2.05) is 6.92 Å². The Labute approximate surface area is 117 Å². The van der Waals surface area contributed by atoms with E-state index < -0.39 is 5.91 Å². The molecule has 20 heavy (non-hydrogen) atoms. The summed E-state index contributed by atoms with van der Waals surface area (Å²) in [4.78, 5) is 22.4. The van der Waals surface area contributed by atoms with E-state index in [0.717, 1.165) is 0 Å². The highest BCUT2D eigenvalue weighted by Crippen LogP contribution is 2.19. The van der Waals surface area contributed by atoms with Gasteiger partial charge in [0.05, 0.1) is 12.2 Å². The van der Waals surface area contributed by atoms with Crippen LogP contribution in [0.3, 0.4) is 0 Å². The van der Waals surface area contributed by atoms with Gasteiger partial charge in [-0.3, -0.25) is 9.59 Å². The second-order valence-electron chi connectivity index (χ2n) is 4.11. The monoisotopic (exact) mass is 280 g/mol. The van der Waals surface area contributed by atoms with Crippen molar-refractivity contribution in [2.45, 2.75) is 6.92 Å². The topological polar surface area (TPSA) is 119 Å². The molecule has 0 heterocycles. The molecule has 1 aromatic rings. The number of carbonyl (C=O) groups is 2. The molecule has 0 spiro atoms. The third-order valence-corrected chi connectivity index (χ3v) is 2.43. The van der Waals surface area contributed by atoms with E-state index in [1.165, 1.54) is 0 Å². The Kier molecular flexibility index (Phi) is 6.31. The molecule has 0 radical (unpaired) electrons. The van der Waals surface area contributed by atoms with Crippen LogP contribution in [-0.4, -0.2) is 38.1 Å². The van der Waals surface area contributed by atoms with Gasteiger partial charge in [-0.15, -0.1) is 0 Å². The van der Waals surface area contributed by atoms with E-state index in [-0.39, 0.29) is 12.5 Å². The molecule has 0 fully saturated rings. The van der Waals surface area contributed by atoms with E-state index in [1.54, 1.807) is 18.2 Å². The highest BCUT2D eigenvalue weighted by atomic mass is 16.5. The second-order valence-corrected chi connectivity index (χ2v) is 4.11. The molecule has 7 nitrogen and oxygen atoms in total. The maximum atomic E-state index is 11.9. The van der Waals surface area contributed by atoms with Crippen LogP contribution >= 0.6 is 0 Å². The van der Waals surface area contributed by atoms with Crippen LogP contribution in [0.25, 0.3) is 0 Å². The first-order valence-corrected chi connectivity index (χ1v) is 6.32. The van der Waals surface area contributed by atoms with Crippen LogP contribution in [-0.2, 0) is 9.53 Å². The van der Waals surface area contributed by atoms with Gasteiger partial charge in [0.15, 0.2) is 0 Å². The van der Waals surface area contributed by atoms with Gasteiger partial charge in [-0.05, 0) is 25.1 Å². The number of hydrogen-bond acceptors (Lipinski definition) is 5. The zero-order valence-corrected chi connectivity index (χ0v) is 11.4. The summed E-state index contributed by atoms with van der Waals surface area (Å²) in [5.74, 6) is -0.690. The van der Waals surface area contributed by atoms with Gasteiger partial charge in [-0.25, -0.2) is 0 Å². The van der Waals surface area contributed by atoms with Crippen LogP contribution < -0.4 is 22.1 Å². The quantitative estimate of drug-likeness (QED) is 0.392. The first-order chi connectivity index (χ1) is 9.54. The average molecular weight is 280 g/mol. The van der Waals surface area contributed by atoms with Gasteiger partial charge >= 0.3 is 0 Å². The maximum Gasteiger partial charge on any atom is 0.253 e. The molecule has 1 aromatic carbocycles. The summed E-state index contributed by atoms with van der Waals surface area (Å²) in [6, 6.07) is 5.00. The molecule has 0 aliphatic carbocycles. The number of rotatable bonds is 8. The first kappa shape index (κ1) is 15.8. The molecule has 7 heteroatoms. The molecule has 0 atom stereocenters. The molecule has 2 amide bonds. The number of hydrogen-bond donors (Lipinski definition) is 4. The van der Waals surface area contributed by atoms with Gasteiger partial charge in [-0.2, -0.15) is 0 Å². The lowest BCUT2D eigenvalue weighted by atomic mass is 10.1. The Morgan fingerprint density at radius 3 is 2.75 bits per heavy atom. The molecular formula is C13H20N4O3. The van der Waals surface area contributed by atoms with Crippen molar-refractivity contribution in [1.29, 1.82) is 0 Å². The molecule has 0 bridgehead atoms. The number of nitrogens with two attached hydrogens (primary N) is 2. The van der Waals surface area contributed by atoms with E-state index in [2.05, 4.69) is 10.6 Å². The summed E-state index contributed by atoms with van der Waals surface area (Å²) in [5.41, 5.74) is 12.3. The Morgan fingerprint density at radius 2 is 2.10 bits per heavy atom. The number of carbonyl (C=O) groups excluding carboxylic acids is 2. The van der Waals surface area contributed by atoms with Gasteiger partial charge in [0.2, 0.25) is 5.91 Å². The molecule has 0 saturated heterocycles. The lowest BCUT2D eigenvalue weighted by molar-refractivity contribution is -0.122. The predicted molar refractivity (Wildman–Crippen MR) is 77.4 cm³/mol. The van der Waals surface area contributed by atoms with Gasteiger partial charge in [0.1, 0.15) is 6.61 Å². The number of nitrogens with one attached hydrogen (secondary N) is 2. The zero-order chi connectivity index (χ0) is 15.0. The van der Waals surface area contributed by atoms with Crippen molar-refractivity contribution in [3.63, 3.8) is 0 Å². The minimum atomic E-state index is -0.517. The Bertz CT molecular complexity index is 477. The first-order valence-electron chi connectivity index (χ1n) is 6.32. The second kappa shape index (κ2) is 8.00. The third kappa shape index (κ3) is 5.15. The normalized spacial score (nSPS) is 10.1. The average Bonchev–Trinajstić information content (AvgIpc) is 2.38. The smallest absolute Gasteiger partial charge is 0.253 e. The zero-order valence-electron chi connectivity index (χ0n) is 11.4. The summed E-state index contributed by atoms with van der Waals surface area (Å²) in [6.45, 7) is 3.00. The fraction of sp³-hybridized carbons (Fsp3) is 0.385. The van der Waals surface area contributed by atoms with Crippen LogP contribution in [0, 0.1) is 0 Å². The standard InChI is InChI=1S/C13H20N4O3/c1-2-16-13(19)10-4-3-9(14)7-11(10)17-5-6-20-8-12(15)18/h3-4,7,17H,2,5-6,8,14H2,1H3,(H2,15,18)(H,16,19). The number of ether oxygens (including phenoxy) is 1. The Balaban J connectivity index is 2.60. The molecule has 110 valence electrons. The molecular weight excluding hydrogens is 260 g/mol. The number of amides is 2. The summed E-state index contributed by atoms with van der Waals surface area (Å²) in [6.07, 6.45) is 0. The van der Waals surface area contributed by atoms with E-state index >= 15 is 0 Å². The van der Waals surface area contributed by atoms with E-state index in [0.29, 0.717) is 36.6 Å². The fourth-order valence-corrected chi connectivity index (χ4v) is 1.59. The molecule has 1 rings (SSSR count). The lowest BCUT2D eigenvalue weighted by Crippen LogP contribution is -2.25. The third-order valence-electron chi connectivity index (χ3n) is 2.43. The van der Waals surface area contributed by atoms with Crippen molar-refractivity contribution in [1.82, 2.24) is 5.32 Å². The van der Waals surface area contributed by atoms with Gasteiger partial charge in [-0.1, -0.05) is 0 Å². The van der Waals surface area contributed by atoms with Crippen LogP contribution in [0.15, 0.2) is 18.2 Å². The van der Waals surface area contributed by atoms with Gasteiger partial charge in [0.25, 0.3) is 5.91 Å². The fourth-order valence-electron chi connectivity index (χ4n) is 1.59. The Morgan fingerprint density at radius 1 is 1.35 bits per heavy atom. The van der Waals surface area contributed by atoms with Gasteiger partial charge in [0, 0.05) is 24.5 Å². The minimum absolute atomic E-state index is 0.123. The van der Waals surface area contributed by atoms with Crippen molar-refractivity contribution in [2.75, 3.05) is 37.4 Å². The SMILES string of the molecule is CCNC(=O)c1ccc(N)cc1NCCOCC(N)=O. The number of anilines is 2. The van der Waals surface area contributed by atoms with Crippen LogP contribution in [0.2, 0.25) is 0 Å². The minimum Gasteiger partial charge on any atom is -0.399 e. The summed E-state index contributed by atoms with van der Waals surface area (Å²) in [5, 5.41) is 5.78. The van der Waals surface area contributed by atoms with Gasteiger partial charge < -0.3 is 26.8 Å². The van der Waals surface area contributed by atoms with Crippen molar-refractivity contribution in [3.8, 4) is 0 Å². The van der Waals surface area contributed by atoms with Crippen molar-refractivity contribution in [2.24, 2.45) is 5.73 Å². The van der Waals surface area contributed by atoms with E-state index in [9.17, 15) is 9.59 Å². The lowest BCUT2D eigenvalue weighted by Gasteiger charge is -2.12. The Hall–Kier alpha value is -2.28. The van der Waals surface area contributed by atoms with E-state index in [4.69, 9.17) is 16.2 Å². The highest BCUT2D eigenvalue weighted by Gasteiger charge is 2.10. The van der Waals surface area contributed by atoms with Crippen LogP contribution in [0.4, 0.5) is 11.4 Å². The molecule has 0 unspecified atom stereocenters. The predicted octanol–water partition coefficient (Wildman–Crippen LogP) is -0.0677. The molecule has 0 aliphatic heterocycles. The molecule has 0 saturated carbocycles. The number of benzene rings is 1. The summed E-state index contributed by atoms with van der Waals surface area (Å²) in [7, 11) is 0. The number of primary amides is 1. The van der Waals surface area contributed by atoms with Crippen LogP contribution in [0.1, 0.15) is 17.3 Å². The van der Waals surface area contributed by atoms with Crippen molar-refractivity contribution >= 4 is 23.2 Å². The maximum absolute atomic E-state index is 11.9. The van der Waals surface area contributed by atoms with Crippen LogP contribution in [0.5, 0.6) is 0 Å². The molecule has 0 aromatic heterocycles. The number of nitrogen functional groups attached to an aromatic ring is 1. The summed E-state index contributed by atoms with van der Waals surface area (Å²) >= 11 is 0. The largest absolute Gasteiger partial charge is 0.399 e. The molecule has 6 N–H and O–H groups in total. The summed E-state index contributed by atoms with van der Waals surface area (Å²) < 4.78 is 5.03.